The highest BCUT2D eigenvalue weighted by atomic mass is 32.2. The summed E-state index contributed by atoms with van der Waals surface area (Å²) in [6.07, 6.45) is 1.43. The fourth-order valence-corrected chi connectivity index (χ4v) is 3.92. The van der Waals surface area contributed by atoms with E-state index in [0.717, 1.165) is 17.9 Å². The zero-order valence-corrected chi connectivity index (χ0v) is 16.5. The minimum Gasteiger partial charge on any atom is -0.494 e. The Morgan fingerprint density at radius 1 is 1.26 bits per heavy atom. The molecule has 0 spiro atoms. The third kappa shape index (κ3) is 5.04. The summed E-state index contributed by atoms with van der Waals surface area (Å²) in [6.45, 7) is 2.77. The van der Waals surface area contributed by atoms with Crippen molar-refractivity contribution in [3.8, 4) is 5.75 Å². The molecule has 1 aliphatic heterocycles. The summed E-state index contributed by atoms with van der Waals surface area (Å²) >= 11 is 1.58. The van der Waals surface area contributed by atoms with Crippen molar-refractivity contribution in [1.29, 1.82) is 0 Å². The summed E-state index contributed by atoms with van der Waals surface area (Å²) in [5, 5.41) is 2.90. The molecule has 2 aromatic carbocycles. The standard InChI is InChI=1S/C21H24N2O3S/c1-15-5-3-6-16(11-15)13-27-14-20(24)22-17-8-9-18(19(12-17)26-2)23-10-4-7-21(23)25/h3,5-6,8-9,11-12H,4,7,10,13-14H2,1-2H3,(H,22,24). The van der Waals surface area contributed by atoms with Crippen LogP contribution in [0.1, 0.15) is 24.0 Å². The van der Waals surface area contributed by atoms with Gasteiger partial charge in [-0.3, -0.25) is 9.59 Å². The molecule has 2 amide bonds. The first-order valence-corrected chi connectivity index (χ1v) is 10.1. The average molecular weight is 385 g/mol. The monoisotopic (exact) mass is 384 g/mol. The topological polar surface area (TPSA) is 58.6 Å². The van der Waals surface area contributed by atoms with Gasteiger partial charge in [0.15, 0.2) is 0 Å². The Bertz CT molecular complexity index is 838. The van der Waals surface area contributed by atoms with Crippen LogP contribution in [0.5, 0.6) is 5.75 Å². The molecule has 1 aliphatic rings. The molecule has 2 aromatic rings. The lowest BCUT2D eigenvalue weighted by molar-refractivity contribution is -0.117. The van der Waals surface area contributed by atoms with Gasteiger partial charge in [-0.05, 0) is 31.0 Å². The van der Waals surface area contributed by atoms with Crippen LogP contribution in [0.25, 0.3) is 0 Å². The van der Waals surface area contributed by atoms with Crippen molar-refractivity contribution >= 4 is 35.0 Å². The fraction of sp³-hybridized carbons (Fsp3) is 0.333. The Hall–Kier alpha value is -2.47. The highest BCUT2D eigenvalue weighted by molar-refractivity contribution is 7.99. The Morgan fingerprint density at radius 3 is 2.81 bits per heavy atom. The molecule has 0 unspecified atom stereocenters. The zero-order valence-electron chi connectivity index (χ0n) is 15.7. The minimum absolute atomic E-state index is 0.0558. The van der Waals surface area contributed by atoms with Crippen LogP contribution >= 0.6 is 11.8 Å². The minimum atomic E-state index is -0.0558. The van der Waals surface area contributed by atoms with Crippen molar-refractivity contribution in [3.05, 3.63) is 53.6 Å². The second-order valence-electron chi connectivity index (χ2n) is 6.57. The maximum absolute atomic E-state index is 12.2. The molecule has 1 saturated heterocycles. The lowest BCUT2D eigenvalue weighted by Crippen LogP contribution is -2.24. The molecular formula is C21H24N2O3S. The second-order valence-corrected chi connectivity index (χ2v) is 7.55. The molecule has 0 aromatic heterocycles. The van der Waals surface area contributed by atoms with E-state index in [1.54, 1.807) is 29.8 Å². The number of carbonyl (C=O) groups is 2. The number of aryl methyl sites for hydroxylation is 1. The van der Waals surface area contributed by atoms with E-state index in [-0.39, 0.29) is 11.8 Å². The number of amides is 2. The molecule has 142 valence electrons. The number of nitrogens with one attached hydrogen (secondary N) is 1. The van der Waals surface area contributed by atoms with Gasteiger partial charge < -0.3 is 15.0 Å². The molecule has 1 N–H and O–H groups in total. The molecule has 1 heterocycles. The fourth-order valence-electron chi connectivity index (χ4n) is 3.14. The third-order valence-electron chi connectivity index (χ3n) is 4.41. The quantitative estimate of drug-likeness (QED) is 0.784. The Balaban J connectivity index is 1.56. The number of hydrogen-bond donors (Lipinski definition) is 1. The Labute approximate surface area is 164 Å². The van der Waals surface area contributed by atoms with Crippen LogP contribution in [0.15, 0.2) is 42.5 Å². The van der Waals surface area contributed by atoms with Gasteiger partial charge in [0.2, 0.25) is 11.8 Å². The van der Waals surface area contributed by atoms with Gasteiger partial charge in [0, 0.05) is 30.5 Å². The largest absolute Gasteiger partial charge is 0.494 e. The van der Waals surface area contributed by atoms with Crippen molar-refractivity contribution in [3.63, 3.8) is 0 Å². The van der Waals surface area contributed by atoms with Gasteiger partial charge >= 0.3 is 0 Å². The van der Waals surface area contributed by atoms with Gasteiger partial charge in [-0.2, -0.15) is 0 Å². The SMILES string of the molecule is COc1cc(NC(=O)CSCc2cccc(C)c2)ccc1N1CCCC1=O. The summed E-state index contributed by atoms with van der Waals surface area (Å²) < 4.78 is 5.43. The van der Waals surface area contributed by atoms with E-state index >= 15 is 0 Å². The van der Waals surface area contributed by atoms with Gasteiger partial charge in [0.05, 0.1) is 18.6 Å². The van der Waals surface area contributed by atoms with Gasteiger partial charge in [-0.15, -0.1) is 11.8 Å². The van der Waals surface area contributed by atoms with Gasteiger partial charge in [-0.25, -0.2) is 0 Å². The highest BCUT2D eigenvalue weighted by Crippen LogP contribution is 2.33. The molecule has 1 fully saturated rings. The maximum atomic E-state index is 12.2. The maximum Gasteiger partial charge on any atom is 0.234 e. The van der Waals surface area contributed by atoms with Crippen LogP contribution in [-0.2, 0) is 15.3 Å². The van der Waals surface area contributed by atoms with Crippen molar-refractivity contribution in [2.75, 3.05) is 29.6 Å². The molecule has 3 rings (SSSR count). The zero-order chi connectivity index (χ0) is 19.2. The van der Waals surface area contributed by atoms with E-state index in [1.165, 1.54) is 11.1 Å². The summed E-state index contributed by atoms with van der Waals surface area (Å²) in [7, 11) is 1.57. The molecule has 0 bridgehead atoms. The molecule has 0 radical (unpaired) electrons. The van der Waals surface area contributed by atoms with E-state index in [2.05, 4.69) is 30.4 Å². The summed E-state index contributed by atoms with van der Waals surface area (Å²) in [5.41, 5.74) is 3.87. The van der Waals surface area contributed by atoms with Crippen molar-refractivity contribution in [2.24, 2.45) is 0 Å². The first kappa shape index (κ1) is 19.3. The van der Waals surface area contributed by atoms with E-state index in [0.29, 0.717) is 30.2 Å². The number of nitrogens with zero attached hydrogens (tertiary/aromatic N) is 1. The highest BCUT2D eigenvalue weighted by Gasteiger charge is 2.24. The summed E-state index contributed by atoms with van der Waals surface area (Å²) in [4.78, 5) is 25.9. The molecule has 27 heavy (non-hydrogen) atoms. The average Bonchev–Trinajstić information content (AvgIpc) is 3.07. The van der Waals surface area contributed by atoms with E-state index in [9.17, 15) is 9.59 Å². The van der Waals surface area contributed by atoms with Gasteiger partial charge in [0.1, 0.15) is 5.75 Å². The summed E-state index contributed by atoms with van der Waals surface area (Å²) in [6, 6.07) is 13.7. The molecule has 5 nitrogen and oxygen atoms in total. The Kier molecular flexibility index (Phi) is 6.40. The first-order valence-electron chi connectivity index (χ1n) is 8.98. The smallest absolute Gasteiger partial charge is 0.234 e. The number of hydrogen-bond acceptors (Lipinski definition) is 4. The number of carbonyl (C=O) groups excluding carboxylic acids is 2. The second kappa shape index (κ2) is 8.95. The van der Waals surface area contributed by atoms with Crippen LogP contribution in [-0.4, -0.2) is 31.2 Å². The van der Waals surface area contributed by atoms with Crippen LogP contribution in [0.2, 0.25) is 0 Å². The molecule has 6 heteroatoms. The van der Waals surface area contributed by atoms with E-state index in [4.69, 9.17) is 4.74 Å². The normalized spacial score (nSPS) is 13.7. The Morgan fingerprint density at radius 2 is 2.11 bits per heavy atom. The van der Waals surface area contributed by atoms with E-state index < -0.39 is 0 Å². The number of rotatable bonds is 7. The number of benzene rings is 2. The van der Waals surface area contributed by atoms with Crippen LogP contribution in [0.3, 0.4) is 0 Å². The van der Waals surface area contributed by atoms with Crippen LogP contribution < -0.4 is 15.0 Å². The van der Waals surface area contributed by atoms with Crippen molar-refractivity contribution < 1.29 is 14.3 Å². The lowest BCUT2D eigenvalue weighted by Gasteiger charge is -2.19. The summed E-state index contributed by atoms with van der Waals surface area (Å²) in [5.74, 6) is 1.82. The van der Waals surface area contributed by atoms with E-state index in [1.807, 2.05) is 18.2 Å². The number of ether oxygens (including phenoxy) is 1. The lowest BCUT2D eigenvalue weighted by atomic mass is 10.2. The van der Waals surface area contributed by atoms with Gasteiger partial charge in [-0.1, -0.05) is 29.8 Å². The van der Waals surface area contributed by atoms with Crippen LogP contribution in [0.4, 0.5) is 11.4 Å². The van der Waals surface area contributed by atoms with Gasteiger partial charge in [0.25, 0.3) is 0 Å². The number of thioether (sulfide) groups is 1. The third-order valence-corrected chi connectivity index (χ3v) is 5.42. The molecule has 0 saturated carbocycles. The number of anilines is 2. The first-order chi connectivity index (χ1) is 13.1. The molecule has 0 aliphatic carbocycles. The van der Waals surface area contributed by atoms with Crippen molar-refractivity contribution in [2.45, 2.75) is 25.5 Å². The predicted molar refractivity (Wildman–Crippen MR) is 111 cm³/mol. The van der Waals surface area contributed by atoms with Crippen molar-refractivity contribution in [1.82, 2.24) is 0 Å². The number of methoxy groups -OCH3 is 1. The van der Waals surface area contributed by atoms with Crippen LogP contribution in [0, 0.1) is 6.92 Å². The molecular weight excluding hydrogens is 360 g/mol. The molecule has 0 atom stereocenters. The predicted octanol–water partition coefficient (Wildman–Crippen LogP) is 4.00.